The van der Waals surface area contributed by atoms with Crippen molar-refractivity contribution in [2.45, 2.75) is 10.6 Å². The maximum atomic E-state index is 13.6. The second-order valence-corrected chi connectivity index (χ2v) is 6.43. The SMILES string of the molecule is Nc1cccc(S(=O)(=O)Cc2c(F)cccc2Cl)c1. The topological polar surface area (TPSA) is 60.2 Å². The lowest BCUT2D eigenvalue weighted by Gasteiger charge is -2.08. The molecule has 0 saturated carbocycles. The number of sulfone groups is 1. The smallest absolute Gasteiger partial charge is 0.182 e. The van der Waals surface area contributed by atoms with E-state index < -0.39 is 21.4 Å². The van der Waals surface area contributed by atoms with E-state index in [1.165, 1.54) is 36.4 Å². The van der Waals surface area contributed by atoms with Gasteiger partial charge in [0.15, 0.2) is 9.84 Å². The Balaban J connectivity index is 2.42. The Morgan fingerprint density at radius 2 is 1.84 bits per heavy atom. The van der Waals surface area contributed by atoms with Gasteiger partial charge in [-0.3, -0.25) is 0 Å². The predicted octanol–water partition coefficient (Wildman–Crippen LogP) is 3.04. The minimum absolute atomic E-state index is 0.0356. The Morgan fingerprint density at radius 1 is 1.16 bits per heavy atom. The van der Waals surface area contributed by atoms with Gasteiger partial charge in [-0.25, -0.2) is 12.8 Å². The molecule has 0 aliphatic rings. The van der Waals surface area contributed by atoms with E-state index in [0.717, 1.165) is 0 Å². The molecular weight excluding hydrogens is 289 g/mol. The number of benzene rings is 2. The molecule has 0 bridgehead atoms. The first-order chi connectivity index (χ1) is 8.90. The summed E-state index contributed by atoms with van der Waals surface area (Å²) in [4.78, 5) is 0.0480. The highest BCUT2D eigenvalue weighted by molar-refractivity contribution is 7.90. The second-order valence-electron chi connectivity index (χ2n) is 4.03. The number of hydrogen-bond donors (Lipinski definition) is 1. The van der Waals surface area contributed by atoms with Gasteiger partial charge in [-0.1, -0.05) is 23.7 Å². The van der Waals surface area contributed by atoms with Gasteiger partial charge in [-0.2, -0.15) is 0 Å². The zero-order valence-corrected chi connectivity index (χ0v) is 11.4. The van der Waals surface area contributed by atoms with Crippen LogP contribution in [0.15, 0.2) is 47.4 Å². The summed E-state index contributed by atoms with van der Waals surface area (Å²) in [5, 5.41) is 0.0903. The van der Waals surface area contributed by atoms with Crippen LogP contribution in [0.2, 0.25) is 5.02 Å². The highest BCUT2D eigenvalue weighted by Gasteiger charge is 2.19. The quantitative estimate of drug-likeness (QED) is 0.886. The fraction of sp³-hybridized carbons (Fsp3) is 0.0769. The van der Waals surface area contributed by atoms with E-state index in [2.05, 4.69) is 0 Å². The van der Waals surface area contributed by atoms with Crippen LogP contribution in [0, 0.1) is 5.82 Å². The third-order valence-corrected chi connectivity index (χ3v) is 4.61. The number of anilines is 1. The van der Waals surface area contributed by atoms with Crippen LogP contribution in [0.4, 0.5) is 10.1 Å². The van der Waals surface area contributed by atoms with Crippen LogP contribution in [0.3, 0.4) is 0 Å². The molecule has 2 rings (SSSR count). The average Bonchev–Trinajstić information content (AvgIpc) is 2.34. The molecule has 6 heteroatoms. The van der Waals surface area contributed by atoms with E-state index in [1.54, 1.807) is 6.07 Å². The standard InChI is InChI=1S/C13H11ClFNO2S/c14-12-5-2-6-13(15)11(12)8-19(17,18)10-4-1-3-9(16)7-10/h1-7H,8,16H2. The molecule has 0 aromatic heterocycles. The number of hydrogen-bond acceptors (Lipinski definition) is 3. The maximum absolute atomic E-state index is 13.6. The van der Waals surface area contributed by atoms with Crippen molar-refractivity contribution < 1.29 is 12.8 Å². The van der Waals surface area contributed by atoms with Gasteiger partial charge in [0.25, 0.3) is 0 Å². The molecule has 0 fully saturated rings. The highest BCUT2D eigenvalue weighted by Crippen LogP contribution is 2.25. The average molecular weight is 300 g/mol. The first kappa shape index (κ1) is 13.8. The van der Waals surface area contributed by atoms with Crippen LogP contribution < -0.4 is 5.73 Å². The Kier molecular flexibility index (Phi) is 3.78. The van der Waals surface area contributed by atoms with Gasteiger partial charge in [-0.05, 0) is 30.3 Å². The molecule has 0 aliphatic carbocycles. The molecule has 0 radical (unpaired) electrons. The molecule has 2 aromatic rings. The Morgan fingerprint density at radius 3 is 2.47 bits per heavy atom. The van der Waals surface area contributed by atoms with Crippen molar-refractivity contribution in [3.63, 3.8) is 0 Å². The molecule has 0 aliphatic heterocycles. The number of halogens is 2. The Labute approximate surface area is 115 Å². The summed E-state index contributed by atoms with van der Waals surface area (Å²) in [7, 11) is -3.69. The molecular formula is C13H11ClFNO2S. The molecule has 19 heavy (non-hydrogen) atoms. The summed E-state index contributed by atoms with van der Waals surface area (Å²) in [6, 6.07) is 9.92. The first-order valence-corrected chi connectivity index (χ1v) is 7.44. The van der Waals surface area contributed by atoms with Crippen molar-refractivity contribution in [3.8, 4) is 0 Å². The van der Waals surface area contributed by atoms with Crippen LogP contribution in [-0.2, 0) is 15.6 Å². The minimum Gasteiger partial charge on any atom is -0.399 e. The third kappa shape index (κ3) is 3.05. The molecule has 0 saturated heterocycles. The molecule has 0 atom stereocenters. The van der Waals surface area contributed by atoms with E-state index in [1.807, 2.05) is 0 Å². The van der Waals surface area contributed by atoms with Gasteiger partial charge in [0.2, 0.25) is 0 Å². The van der Waals surface area contributed by atoms with Crippen LogP contribution in [-0.4, -0.2) is 8.42 Å². The zero-order valence-electron chi connectivity index (χ0n) is 9.81. The van der Waals surface area contributed by atoms with Crippen LogP contribution >= 0.6 is 11.6 Å². The third-order valence-electron chi connectivity index (χ3n) is 2.61. The molecule has 100 valence electrons. The lowest BCUT2D eigenvalue weighted by atomic mass is 10.2. The van der Waals surface area contributed by atoms with Crippen molar-refractivity contribution in [1.29, 1.82) is 0 Å². The van der Waals surface area contributed by atoms with Gasteiger partial charge < -0.3 is 5.73 Å². The van der Waals surface area contributed by atoms with Gasteiger partial charge in [0.1, 0.15) is 5.82 Å². The van der Waals surface area contributed by atoms with E-state index in [4.69, 9.17) is 17.3 Å². The van der Waals surface area contributed by atoms with Crippen LogP contribution in [0.25, 0.3) is 0 Å². The Bertz CT molecular complexity index is 696. The molecule has 0 spiro atoms. The van der Waals surface area contributed by atoms with Crippen molar-refractivity contribution in [3.05, 3.63) is 58.9 Å². The van der Waals surface area contributed by atoms with Crippen molar-refractivity contribution >= 4 is 27.1 Å². The molecule has 3 nitrogen and oxygen atoms in total. The number of rotatable bonds is 3. The highest BCUT2D eigenvalue weighted by atomic mass is 35.5. The minimum atomic E-state index is -3.69. The first-order valence-electron chi connectivity index (χ1n) is 5.41. The summed E-state index contributed by atoms with van der Waals surface area (Å²) in [5.41, 5.74) is 5.84. The van der Waals surface area contributed by atoms with Crippen molar-refractivity contribution in [2.24, 2.45) is 0 Å². The molecule has 0 amide bonds. The van der Waals surface area contributed by atoms with E-state index in [-0.39, 0.29) is 15.5 Å². The summed E-state index contributed by atoms with van der Waals surface area (Å²) in [6.07, 6.45) is 0. The van der Waals surface area contributed by atoms with Crippen molar-refractivity contribution in [1.82, 2.24) is 0 Å². The normalized spacial score (nSPS) is 11.5. The fourth-order valence-electron chi connectivity index (χ4n) is 1.65. The summed E-state index contributed by atoms with van der Waals surface area (Å²) >= 11 is 5.83. The largest absolute Gasteiger partial charge is 0.399 e. The van der Waals surface area contributed by atoms with Crippen molar-refractivity contribution in [2.75, 3.05) is 5.73 Å². The molecule has 2 N–H and O–H groups in total. The van der Waals surface area contributed by atoms with E-state index >= 15 is 0 Å². The predicted molar refractivity (Wildman–Crippen MR) is 73.2 cm³/mol. The van der Waals surface area contributed by atoms with Gasteiger partial charge >= 0.3 is 0 Å². The maximum Gasteiger partial charge on any atom is 0.182 e. The van der Waals surface area contributed by atoms with Gasteiger partial charge in [0, 0.05) is 16.3 Å². The summed E-state index contributed by atoms with van der Waals surface area (Å²) in [6.45, 7) is 0. The number of nitrogen functional groups attached to an aromatic ring is 1. The molecule has 0 unspecified atom stereocenters. The lowest BCUT2D eigenvalue weighted by molar-refractivity contribution is 0.587. The van der Waals surface area contributed by atoms with Crippen LogP contribution in [0.5, 0.6) is 0 Å². The number of nitrogens with two attached hydrogens (primary N) is 1. The fourth-order valence-corrected chi connectivity index (χ4v) is 3.40. The van der Waals surface area contributed by atoms with Gasteiger partial charge in [0.05, 0.1) is 10.6 Å². The van der Waals surface area contributed by atoms with E-state index in [9.17, 15) is 12.8 Å². The molecule has 0 heterocycles. The van der Waals surface area contributed by atoms with Gasteiger partial charge in [-0.15, -0.1) is 0 Å². The zero-order chi connectivity index (χ0) is 14.0. The Hall–Kier alpha value is -1.59. The van der Waals surface area contributed by atoms with E-state index in [0.29, 0.717) is 5.69 Å². The molecule has 2 aromatic carbocycles. The summed E-state index contributed by atoms with van der Waals surface area (Å²) in [5.74, 6) is -1.14. The van der Waals surface area contributed by atoms with Crippen LogP contribution in [0.1, 0.15) is 5.56 Å². The lowest BCUT2D eigenvalue weighted by Crippen LogP contribution is -2.07. The monoisotopic (exact) mass is 299 g/mol. The summed E-state index contributed by atoms with van der Waals surface area (Å²) < 4.78 is 38.0. The second kappa shape index (κ2) is 5.19.